The van der Waals surface area contributed by atoms with Gasteiger partial charge >= 0.3 is 5.97 Å². The second-order valence-corrected chi connectivity index (χ2v) is 6.19. The summed E-state index contributed by atoms with van der Waals surface area (Å²) in [6.45, 7) is 9.43. The van der Waals surface area contributed by atoms with Crippen molar-refractivity contribution < 1.29 is 19.0 Å². The standard InChI is InChI=1S/C17H24N2O4/c1-4-22-16(20)13(11-18)9-14-12-23-17(2,3)10-15(14)19-5-7-21-8-6-19/h9H,4-8,10,12H2,1-3H3. The number of nitrogens with zero attached hydrogens (tertiary/aromatic N) is 2. The van der Waals surface area contributed by atoms with Crippen LogP contribution in [-0.4, -0.2) is 56.0 Å². The van der Waals surface area contributed by atoms with Crippen LogP contribution >= 0.6 is 0 Å². The lowest BCUT2D eigenvalue weighted by Gasteiger charge is -2.40. The van der Waals surface area contributed by atoms with Crippen LogP contribution in [0.1, 0.15) is 27.2 Å². The molecule has 2 aliphatic rings. The van der Waals surface area contributed by atoms with Gasteiger partial charge < -0.3 is 19.1 Å². The molecule has 1 fully saturated rings. The van der Waals surface area contributed by atoms with Gasteiger partial charge in [-0.05, 0) is 32.4 Å². The number of morpholine rings is 1. The van der Waals surface area contributed by atoms with Crippen molar-refractivity contribution in [2.24, 2.45) is 0 Å². The van der Waals surface area contributed by atoms with Crippen LogP contribution in [0.3, 0.4) is 0 Å². The smallest absolute Gasteiger partial charge is 0.348 e. The summed E-state index contributed by atoms with van der Waals surface area (Å²) in [6.07, 6.45) is 2.35. The van der Waals surface area contributed by atoms with Crippen LogP contribution in [-0.2, 0) is 19.0 Å². The maximum atomic E-state index is 11.8. The first-order valence-corrected chi connectivity index (χ1v) is 7.94. The molecule has 0 aliphatic carbocycles. The zero-order valence-electron chi connectivity index (χ0n) is 14.1. The van der Waals surface area contributed by atoms with Gasteiger partial charge in [-0.2, -0.15) is 5.26 Å². The first-order chi connectivity index (χ1) is 11.0. The second-order valence-electron chi connectivity index (χ2n) is 6.19. The number of carbonyl (C=O) groups excluding carboxylic acids is 1. The minimum atomic E-state index is -0.589. The van der Waals surface area contributed by atoms with E-state index in [1.807, 2.05) is 19.9 Å². The maximum Gasteiger partial charge on any atom is 0.348 e. The molecule has 0 aromatic rings. The number of ether oxygens (including phenoxy) is 3. The molecule has 0 atom stereocenters. The Hall–Kier alpha value is -1.84. The molecule has 0 aromatic carbocycles. The molecule has 2 aliphatic heterocycles. The molecular weight excluding hydrogens is 296 g/mol. The molecule has 6 heteroatoms. The Morgan fingerprint density at radius 1 is 1.43 bits per heavy atom. The van der Waals surface area contributed by atoms with E-state index in [1.54, 1.807) is 13.0 Å². The summed E-state index contributed by atoms with van der Waals surface area (Å²) in [6, 6.07) is 1.93. The van der Waals surface area contributed by atoms with Crippen LogP contribution < -0.4 is 0 Å². The van der Waals surface area contributed by atoms with E-state index in [0.717, 1.165) is 30.8 Å². The maximum absolute atomic E-state index is 11.8. The molecule has 0 radical (unpaired) electrons. The van der Waals surface area contributed by atoms with E-state index in [0.29, 0.717) is 19.8 Å². The predicted octanol–water partition coefficient (Wildman–Crippen LogP) is 1.78. The molecule has 0 unspecified atom stereocenters. The SMILES string of the molecule is CCOC(=O)C(C#N)=CC1=C(N2CCOCC2)CC(C)(C)OC1. The zero-order chi connectivity index (χ0) is 16.9. The minimum absolute atomic E-state index is 0.0101. The second kappa shape index (κ2) is 7.62. The van der Waals surface area contributed by atoms with Crippen LogP contribution in [0, 0.1) is 11.3 Å². The van der Waals surface area contributed by atoms with E-state index < -0.39 is 5.97 Å². The number of nitriles is 1. The van der Waals surface area contributed by atoms with Gasteiger partial charge in [-0.25, -0.2) is 4.79 Å². The first kappa shape index (κ1) is 17.5. The van der Waals surface area contributed by atoms with Crippen molar-refractivity contribution in [1.82, 2.24) is 4.90 Å². The van der Waals surface area contributed by atoms with Crippen LogP contribution in [0.5, 0.6) is 0 Å². The summed E-state index contributed by atoms with van der Waals surface area (Å²) < 4.78 is 16.2. The van der Waals surface area contributed by atoms with Crippen molar-refractivity contribution in [3.63, 3.8) is 0 Å². The molecule has 0 spiro atoms. The highest BCUT2D eigenvalue weighted by Gasteiger charge is 2.31. The lowest BCUT2D eigenvalue weighted by Crippen LogP contribution is -2.42. The van der Waals surface area contributed by atoms with Gasteiger partial charge in [0.25, 0.3) is 0 Å². The van der Waals surface area contributed by atoms with Crippen molar-refractivity contribution in [1.29, 1.82) is 5.26 Å². The first-order valence-electron chi connectivity index (χ1n) is 7.94. The Bertz CT molecular complexity index is 551. The van der Waals surface area contributed by atoms with Gasteiger partial charge in [-0.3, -0.25) is 0 Å². The summed E-state index contributed by atoms with van der Waals surface area (Å²) >= 11 is 0. The van der Waals surface area contributed by atoms with Gasteiger partial charge in [0.15, 0.2) is 0 Å². The number of carbonyl (C=O) groups is 1. The molecule has 2 rings (SSSR count). The highest BCUT2D eigenvalue weighted by molar-refractivity contribution is 5.93. The molecular formula is C17H24N2O4. The normalized spacial score (nSPS) is 21.8. The molecule has 0 N–H and O–H groups in total. The lowest BCUT2D eigenvalue weighted by molar-refractivity contribution is -0.138. The third kappa shape index (κ3) is 4.57. The Labute approximate surface area is 137 Å². The van der Waals surface area contributed by atoms with E-state index in [2.05, 4.69) is 4.90 Å². The van der Waals surface area contributed by atoms with Gasteiger partial charge in [0.05, 0.1) is 32.0 Å². The van der Waals surface area contributed by atoms with E-state index in [9.17, 15) is 10.1 Å². The molecule has 0 bridgehead atoms. The predicted molar refractivity (Wildman–Crippen MR) is 84.4 cm³/mol. The van der Waals surface area contributed by atoms with Crippen molar-refractivity contribution >= 4 is 5.97 Å². The summed E-state index contributed by atoms with van der Waals surface area (Å²) in [5, 5.41) is 9.24. The van der Waals surface area contributed by atoms with E-state index in [-0.39, 0.29) is 17.8 Å². The number of hydrogen-bond acceptors (Lipinski definition) is 6. The minimum Gasteiger partial charge on any atom is -0.462 e. The van der Waals surface area contributed by atoms with Crippen LogP contribution in [0.15, 0.2) is 22.9 Å². The number of esters is 1. The fourth-order valence-corrected chi connectivity index (χ4v) is 2.72. The third-order valence-corrected chi connectivity index (χ3v) is 3.91. The summed E-state index contributed by atoms with van der Waals surface area (Å²) in [7, 11) is 0. The van der Waals surface area contributed by atoms with Crippen molar-refractivity contribution in [3.8, 4) is 6.07 Å². The van der Waals surface area contributed by atoms with Gasteiger partial charge in [0.2, 0.25) is 0 Å². The van der Waals surface area contributed by atoms with E-state index >= 15 is 0 Å². The quantitative estimate of drug-likeness (QED) is 0.447. The fraction of sp³-hybridized carbons (Fsp3) is 0.647. The van der Waals surface area contributed by atoms with Gasteiger partial charge in [0, 0.05) is 25.2 Å². The van der Waals surface area contributed by atoms with Crippen LogP contribution in [0.2, 0.25) is 0 Å². The monoisotopic (exact) mass is 320 g/mol. The largest absolute Gasteiger partial charge is 0.462 e. The summed E-state index contributed by atoms with van der Waals surface area (Å²) in [5.41, 5.74) is 1.75. The van der Waals surface area contributed by atoms with Crippen molar-refractivity contribution in [2.45, 2.75) is 32.8 Å². The topological polar surface area (TPSA) is 71.8 Å². The molecule has 126 valence electrons. The molecule has 0 amide bonds. The molecule has 0 aromatic heterocycles. The fourth-order valence-electron chi connectivity index (χ4n) is 2.72. The summed E-state index contributed by atoms with van der Waals surface area (Å²) in [4.78, 5) is 14.1. The molecule has 1 saturated heterocycles. The molecule has 23 heavy (non-hydrogen) atoms. The Kier molecular flexibility index (Phi) is 5.80. The molecule has 0 saturated carbocycles. The average molecular weight is 320 g/mol. The van der Waals surface area contributed by atoms with Gasteiger partial charge in [0.1, 0.15) is 11.6 Å². The van der Waals surface area contributed by atoms with Crippen LogP contribution in [0.4, 0.5) is 0 Å². The highest BCUT2D eigenvalue weighted by Crippen LogP contribution is 2.32. The Morgan fingerprint density at radius 2 is 2.13 bits per heavy atom. The lowest BCUT2D eigenvalue weighted by atomic mass is 9.94. The van der Waals surface area contributed by atoms with Crippen molar-refractivity contribution in [2.75, 3.05) is 39.5 Å². The van der Waals surface area contributed by atoms with Crippen molar-refractivity contribution in [3.05, 3.63) is 22.9 Å². The van der Waals surface area contributed by atoms with Gasteiger partial charge in [-0.15, -0.1) is 0 Å². The number of rotatable bonds is 4. The zero-order valence-corrected chi connectivity index (χ0v) is 14.1. The Morgan fingerprint density at radius 3 is 2.74 bits per heavy atom. The average Bonchev–Trinajstić information content (AvgIpc) is 2.54. The van der Waals surface area contributed by atoms with E-state index in [4.69, 9.17) is 14.2 Å². The number of hydrogen-bond donors (Lipinski definition) is 0. The molecule has 2 heterocycles. The third-order valence-electron chi connectivity index (χ3n) is 3.91. The van der Waals surface area contributed by atoms with E-state index in [1.165, 1.54) is 0 Å². The highest BCUT2D eigenvalue weighted by atomic mass is 16.5. The van der Waals surface area contributed by atoms with Crippen LogP contribution in [0.25, 0.3) is 0 Å². The Balaban J connectivity index is 2.34. The van der Waals surface area contributed by atoms with Gasteiger partial charge in [-0.1, -0.05) is 0 Å². The summed E-state index contributed by atoms with van der Waals surface area (Å²) in [5.74, 6) is -0.589. The molecule has 6 nitrogen and oxygen atoms in total.